The van der Waals surface area contributed by atoms with Gasteiger partial charge in [-0.15, -0.1) is 0 Å². The number of rotatable bonds is 7. The van der Waals surface area contributed by atoms with Crippen LogP contribution in [0.2, 0.25) is 10.0 Å². The molecule has 6 nitrogen and oxygen atoms in total. The molecule has 0 aliphatic carbocycles. The van der Waals surface area contributed by atoms with E-state index in [4.69, 9.17) is 28.9 Å². The number of nitrogens with two attached hydrogens (primary N) is 1. The molecule has 4 aromatic rings. The van der Waals surface area contributed by atoms with Crippen LogP contribution in [-0.2, 0) is 24.2 Å². The first-order valence-corrected chi connectivity index (χ1v) is 13.4. The van der Waals surface area contributed by atoms with Crippen molar-refractivity contribution in [3.05, 3.63) is 135 Å². The molecule has 1 aliphatic rings. The van der Waals surface area contributed by atoms with Gasteiger partial charge in [0.15, 0.2) is 0 Å². The van der Waals surface area contributed by atoms with Gasteiger partial charge < -0.3 is 21.3 Å². The van der Waals surface area contributed by atoms with Crippen molar-refractivity contribution in [1.82, 2.24) is 10.2 Å². The fraction of sp³-hybridized carbons (Fsp3) is 0.161. The van der Waals surface area contributed by atoms with E-state index >= 15 is 0 Å². The van der Waals surface area contributed by atoms with Crippen LogP contribution in [0.3, 0.4) is 0 Å². The molecule has 0 spiro atoms. The van der Waals surface area contributed by atoms with Gasteiger partial charge in [-0.1, -0.05) is 96.0 Å². The van der Waals surface area contributed by atoms with Gasteiger partial charge in [0.25, 0.3) is 0 Å². The first kappa shape index (κ1) is 26.8. The lowest BCUT2D eigenvalue weighted by atomic mass is 10.0. The van der Waals surface area contributed by atoms with Gasteiger partial charge in [0.1, 0.15) is 6.17 Å². The monoisotopic (exact) mass is 558 g/mol. The van der Waals surface area contributed by atoms with Crippen LogP contribution in [0.15, 0.2) is 97.1 Å². The molecule has 3 amide bonds. The molecule has 8 heteroatoms. The minimum absolute atomic E-state index is 0.245. The molecule has 198 valence electrons. The van der Waals surface area contributed by atoms with Crippen LogP contribution in [0.1, 0.15) is 34.0 Å². The molecule has 4 aromatic carbocycles. The van der Waals surface area contributed by atoms with E-state index in [2.05, 4.69) is 22.8 Å². The van der Waals surface area contributed by atoms with Gasteiger partial charge in [-0.25, -0.2) is 4.79 Å². The quantitative estimate of drug-likeness (QED) is 0.248. The van der Waals surface area contributed by atoms with Crippen molar-refractivity contribution in [1.29, 1.82) is 0 Å². The number of urea groups is 1. The van der Waals surface area contributed by atoms with Crippen molar-refractivity contribution >= 4 is 40.8 Å². The zero-order chi connectivity index (χ0) is 27.4. The van der Waals surface area contributed by atoms with Gasteiger partial charge in [0, 0.05) is 22.3 Å². The van der Waals surface area contributed by atoms with Crippen LogP contribution in [0.4, 0.5) is 10.5 Å². The molecule has 1 heterocycles. The summed E-state index contributed by atoms with van der Waals surface area (Å²) in [5.41, 5.74) is 11.8. The number of fused-ring (bicyclic) bond motifs is 1. The molecule has 2 unspecified atom stereocenters. The summed E-state index contributed by atoms with van der Waals surface area (Å²) in [4.78, 5) is 28.3. The number of hydrogen-bond donors (Lipinski definition) is 3. The van der Waals surface area contributed by atoms with Crippen molar-refractivity contribution in [2.75, 3.05) is 5.32 Å². The fourth-order valence-electron chi connectivity index (χ4n) is 4.85. The molecule has 39 heavy (non-hydrogen) atoms. The van der Waals surface area contributed by atoms with Gasteiger partial charge in [-0.3, -0.25) is 4.79 Å². The van der Waals surface area contributed by atoms with Crippen LogP contribution in [-0.4, -0.2) is 22.9 Å². The Balaban J connectivity index is 1.29. The Kier molecular flexibility index (Phi) is 8.17. The second kappa shape index (κ2) is 11.9. The molecule has 2 atom stereocenters. The third kappa shape index (κ3) is 6.42. The molecular weight excluding hydrogens is 531 g/mol. The van der Waals surface area contributed by atoms with Crippen molar-refractivity contribution in [2.45, 2.75) is 31.6 Å². The Bertz CT molecular complexity index is 1500. The molecule has 0 bridgehead atoms. The van der Waals surface area contributed by atoms with E-state index in [1.54, 1.807) is 23.1 Å². The van der Waals surface area contributed by atoms with Gasteiger partial charge >= 0.3 is 6.03 Å². The summed E-state index contributed by atoms with van der Waals surface area (Å²) in [6, 6.07) is 29.4. The van der Waals surface area contributed by atoms with Crippen LogP contribution >= 0.6 is 23.2 Å². The minimum atomic E-state index is -0.847. The van der Waals surface area contributed by atoms with E-state index in [1.165, 1.54) is 5.56 Å². The van der Waals surface area contributed by atoms with E-state index < -0.39 is 18.2 Å². The first-order valence-electron chi connectivity index (χ1n) is 12.7. The fourth-order valence-corrected chi connectivity index (χ4v) is 5.34. The highest BCUT2D eigenvalue weighted by Crippen LogP contribution is 2.33. The number of halogens is 2. The Morgan fingerprint density at radius 1 is 0.897 bits per heavy atom. The maximum Gasteiger partial charge on any atom is 0.321 e. The predicted molar refractivity (Wildman–Crippen MR) is 156 cm³/mol. The summed E-state index contributed by atoms with van der Waals surface area (Å²) >= 11 is 12.3. The maximum atomic E-state index is 13.5. The molecule has 1 aliphatic heterocycles. The number of anilines is 1. The van der Waals surface area contributed by atoms with Gasteiger partial charge in [-0.05, 0) is 64.9 Å². The molecule has 0 aromatic heterocycles. The standard InChI is InChI=1S/C31H28Cl2N4O2/c32-24-14-13-22(27(33)18-24)17-28(34)30(38)37-19-23-10-4-5-12-26(23)29(37)36-31(39)35-25-11-6-9-21(16-25)15-20-7-2-1-3-8-20/h1-14,16,18,28-29H,15,17,19,34H2,(H2,35,36,39). The Labute approximate surface area is 237 Å². The normalized spacial score (nSPS) is 14.9. The Morgan fingerprint density at radius 3 is 2.44 bits per heavy atom. The first-order chi connectivity index (χ1) is 18.9. The number of hydrogen-bond acceptors (Lipinski definition) is 3. The zero-order valence-corrected chi connectivity index (χ0v) is 22.6. The SMILES string of the molecule is NC(Cc1ccc(Cl)cc1Cl)C(=O)N1Cc2ccccc2C1NC(=O)Nc1cccc(Cc2ccccc2)c1. The van der Waals surface area contributed by atoms with Gasteiger partial charge in [0.2, 0.25) is 5.91 Å². The lowest BCUT2D eigenvalue weighted by Gasteiger charge is -2.28. The van der Waals surface area contributed by atoms with E-state index in [0.717, 1.165) is 28.7 Å². The minimum Gasteiger partial charge on any atom is -0.320 e. The highest BCUT2D eigenvalue weighted by molar-refractivity contribution is 6.35. The lowest BCUT2D eigenvalue weighted by molar-refractivity contribution is -0.135. The topological polar surface area (TPSA) is 87.5 Å². The summed E-state index contributed by atoms with van der Waals surface area (Å²) in [6.07, 6.45) is 0.341. The molecule has 0 saturated heterocycles. The zero-order valence-electron chi connectivity index (χ0n) is 21.1. The predicted octanol–water partition coefficient (Wildman–Crippen LogP) is 6.32. The van der Waals surface area contributed by atoms with Crippen molar-refractivity contribution in [2.24, 2.45) is 5.73 Å². The van der Waals surface area contributed by atoms with Gasteiger partial charge in [0.05, 0.1) is 6.04 Å². The molecule has 0 fully saturated rings. The number of nitrogens with one attached hydrogen (secondary N) is 2. The van der Waals surface area contributed by atoms with E-state index in [0.29, 0.717) is 22.3 Å². The van der Waals surface area contributed by atoms with Crippen molar-refractivity contribution in [3.63, 3.8) is 0 Å². The smallest absolute Gasteiger partial charge is 0.320 e. The Hall–Kier alpha value is -3.84. The van der Waals surface area contributed by atoms with Crippen LogP contribution < -0.4 is 16.4 Å². The summed E-state index contributed by atoms with van der Waals surface area (Å²) < 4.78 is 0. The second-order valence-corrected chi connectivity index (χ2v) is 10.4. The highest BCUT2D eigenvalue weighted by atomic mass is 35.5. The number of amides is 3. The van der Waals surface area contributed by atoms with Crippen LogP contribution in [0.5, 0.6) is 0 Å². The van der Waals surface area contributed by atoms with E-state index in [1.807, 2.05) is 66.7 Å². The number of benzene rings is 4. The average Bonchev–Trinajstić information content (AvgIpc) is 3.28. The van der Waals surface area contributed by atoms with Crippen molar-refractivity contribution < 1.29 is 9.59 Å². The third-order valence-corrected chi connectivity index (χ3v) is 7.35. The number of carbonyl (C=O) groups excluding carboxylic acids is 2. The lowest BCUT2D eigenvalue weighted by Crippen LogP contribution is -2.48. The molecule has 0 saturated carbocycles. The molecule has 4 N–H and O–H groups in total. The summed E-state index contributed by atoms with van der Waals surface area (Å²) in [5.74, 6) is -0.285. The van der Waals surface area contributed by atoms with Crippen LogP contribution in [0, 0.1) is 0 Å². The molecular formula is C31H28Cl2N4O2. The highest BCUT2D eigenvalue weighted by Gasteiger charge is 2.36. The maximum absolute atomic E-state index is 13.5. The molecule has 0 radical (unpaired) electrons. The molecule has 5 rings (SSSR count). The van der Waals surface area contributed by atoms with E-state index in [9.17, 15) is 9.59 Å². The van der Waals surface area contributed by atoms with Gasteiger partial charge in [-0.2, -0.15) is 0 Å². The Morgan fingerprint density at radius 2 is 1.64 bits per heavy atom. The van der Waals surface area contributed by atoms with E-state index in [-0.39, 0.29) is 12.3 Å². The summed E-state index contributed by atoms with van der Waals surface area (Å²) in [5, 5.41) is 6.87. The summed E-state index contributed by atoms with van der Waals surface area (Å²) in [6.45, 7) is 0.342. The second-order valence-electron chi connectivity index (χ2n) is 9.58. The third-order valence-electron chi connectivity index (χ3n) is 6.76. The van der Waals surface area contributed by atoms with Crippen LogP contribution in [0.25, 0.3) is 0 Å². The number of nitrogens with zero attached hydrogens (tertiary/aromatic N) is 1. The van der Waals surface area contributed by atoms with Crippen molar-refractivity contribution in [3.8, 4) is 0 Å². The largest absolute Gasteiger partial charge is 0.321 e. The number of carbonyl (C=O) groups is 2. The summed E-state index contributed by atoms with van der Waals surface area (Å²) in [7, 11) is 0. The average molecular weight is 559 g/mol.